The van der Waals surface area contributed by atoms with Gasteiger partial charge in [-0.15, -0.1) is 0 Å². The molecule has 0 bridgehead atoms. The van der Waals surface area contributed by atoms with Crippen molar-refractivity contribution in [1.82, 2.24) is 0 Å². The van der Waals surface area contributed by atoms with Gasteiger partial charge >= 0.3 is 0 Å². The third kappa shape index (κ3) is 2.98. The molecule has 0 saturated heterocycles. The Labute approximate surface area is 142 Å². The fourth-order valence-corrected chi connectivity index (χ4v) is 3.63. The predicted molar refractivity (Wildman–Crippen MR) is 94.3 cm³/mol. The number of aliphatic hydroxyl groups excluding tert-OH is 1. The number of amides is 1. The van der Waals surface area contributed by atoms with Gasteiger partial charge in [0.1, 0.15) is 5.76 Å². The number of para-hydroxylation sites is 1. The molecule has 4 heteroatoms. The highest BCUT2D eigenvalue weighted by atomic mass is 16.4. The molecule has 1 aromatic carbocycles. The molecule has 0 radical (unpaired) electrons. The van der Waals surface area contributed by atoms with Gasteiger partial charge in [-0.3, -0.25) is 4.79 Å². The lowest BCUT2D eigenvalue weighted by Gasteiger charge is -2.31. The van der Waals surface area contributed by atoms with Crippen LogP contribution >= 0.6 is 0 Å². The molecule has 24 heavy (non-hydrogen) atoms. The summed E-state index contributed by atoms with van der Waals surface area (Å²) in [6.45, 7) is 8.12. The van der Waals surface area contributed by atoms with Crippen LogP contribution in [-0.4, -0.2) is 11.0 Å². The van der Waals surface area contributed by atoms with Crippen LogP contribution in [-0.2, 0) is 12.8 Å². The summed E-state index contributed by atoms with van der Waals surface area (Å²) in [7, 11) is 0. The van der Waals surface area contributed by atoms with Crippen LogP contribution in [0.15, 0.2) is 28.7 Å². The molecule has 0 spiro atoms. The molecule has 3 rings (SSSR count). The molecule has 1 aliphatic rings. The van der Waals surface area contributed by atoms with Crippen molar-refractivity contribution in [2.75, 3.05) is 5.32 Å². The summed E-state index contributed by atoms with van der Waals surface area (Å²) >= 11 is 0. The Bertz CT molecular complexity index is 773. The first-order valence-electron chi connectivity index (χ1n) is 8.52. The third-order valence-electron chi connectivity index (χ3n) is 4.84. The molecule has 2 aromatic rings. The highest BCUT2D eigenvalue weighted by Gasteiger charge is 2.37. The molecule has 1 aliphatic carbocycles. The van der Waals surface area contributed by atoms with Gasteiger partial charge in [-0.05, 0) is 36.8 Å². The van der Waals surface area contributed by atoms with Crippen molar-refractivity contribution in [3.05, 3.63) is 52.5 Å². The van der Waals surface area contributed by atoms with E-state index in [4.69, 9.17) is 4.42 Å². The first kappa shape index (κ1) is 16.8. The van der Waals surface area contributed by atoms with Crippen molar-refractivity contribution >= 4 is 11.6 Å². The maximum absolute atomic E-state index is 12.7. The number of rotatable bonds is 3. The van der Waals surface area contributed by atoms with E-state index < -0.39 is 6.10 Å². The van der Waals surface area contributed by atoms with Crippen LogP contribution in [0, 0.1) is 12.3 Å². The van der Waals surface area contributed by atoms with Crippen LogP contribution in [0.1, 0.15) is 66.3 Å². The summed E-state index contributed by atoms with van der Waals surface area (Å²) in [5, 5.41) is 13.4. The van der Waals surface area contributed by atoms with E-state index in [1.807, 2.05) is 31.2 Å². The lowest BCUT2D eigenvalue weighted by molar-refractivity contribution is 0.0910. The number of carbonyl (C=O) groups is 1. The van der Waals surface area contributed by atoms with E-state index in [2.05, 4.69) is 26.1 Å². The number of furan rings is 1. The second-order valence-corrected chi connectivity index (χ2v) is 7.42. The number of aryl methyl sites for hydroxylation is 1. The largest absolute Gasteiger partial charge is 0.455 e. The van der Waals surface area contributed by atoms with Crippen molar-refractivity contribution in [1.29, 1.82) is 0 Å². The van der Waals surface area contributed by atoms with Crippen LogP contribution in [0.2, 0.25) is 0 Å². The minimum Gasteiger partial charge on any atom is -0.455 e. The van der Waals surface area contributed by atoms with E-state index in [-0.39, 0.29) is 11.3 Å². The molecular weight excluding hydrogens is 302 g/mol. The van der Waals surface area contributed by atoms with Gasteiger partial charge in [0.2, 0.25) is 0 Å². The Morgan fingerprint density at radius 2 is 2.08 bits per heavy atom. The maximum Gasteiger partial charge on any atom is 0.291 e. The Morgan fingerprint density at radius 1 is 1.38 bits per heavy atom. The van der Waals surface area contributed by atoms with Crippen LogP contribution in [0.3, 0.4) is 0 Å². The quantitative estimate of drug-likeness (QED) is 0.878. The van der Waals surface area contributed by atoms with Crippen molar-refractivity contribution < 1.29 is 14.3 Å². The van der Waals surface area contributed by atoms with E-state index in [0.29, 0.717) is 12.2 Å². The summed E-state index contributed by atoms with van der Waals surface area (Å²) in [6, 6.07) is 7.76. The van der Waals surface area contributed by atoms with Crippen molar-refractivity contribution in [2.45, 2.75) is 53.1 Å². The molecule has 0 fully saturated rings. The Balaban J connectivity index is 1.92. The zero-order chi connectivity index (χ0) is 17.5. The number of hydrogen-bond acceptors (Lipinski definition) is 3. The van der Waals surface area contributed by atoms with Gasteiger partial charge in [0, 0.05) is 23.2 Å². The molecule has 1 amide bonds. The fraction of sp³-hybridized carbons (Fsp3) is 0.450. The first-order valence-corrected chi connectivity index (χ1v) is 8.52. The smallest absolute Gasteiger partial charge is 0.291 e. The van der Waals surface area contributed by atoms with E-state index >= 15 is 0 Å². The van der Waals surface area contributed by atoms with Crippen LogP contribution in [0.25, 0.3) is 0 Å². The molecule has 128 valence electrons. The summed E-state index contributed by atoms with van der Waals surface area (Å²) in [5.74, 6) is 0.792. The monoisotopic (exact) mass is 327 g/mol. The van der Waals surface area contributed by atoms with E-state index in [0.717, 1.165) is 41.0 Å². The Morgan fingerprint density at radius 3 is 2.79 bits per heavy atom. The third-order valence-corrected chi connectivity index (χ3v) is 4.84. The number of carbonyl (C=O) groups excluding carboxylic acids is 1. The lowest BCUT2D eigenvalue weighted by atomic mass is 9.75. The van der Waals surface area contributed by atoms with Gasteiger partial charge in [0.15, 0.2) is 5.76 Å². The molecule has 0 aliphatic heterocycles. The summed E-state index contributed by atoms with van der Waals surface area (Å²) < 4.78 is 5.88. The molecular formula is C20H25NO3. The molecule has 4 nitrogen and oxygen atoms in total. The normalized spacial score (nSPS) is 19.0. The Hall–Kier alpha value is -2.07. The number of anilines is 1. The number of hydrogen-bond donors (Lipinski definition) is 2. The zero-order valence-electron chi connectivity index (χ0n) is 14.8. The van der Waals surface area contributed by atoms with E-state index in [1.165, 1.54) is 0 Å². The Kier molecular flexibility index (Phi) is 4.26. The average Bonchev–Trinajstić information content (AvgIpc) is 2.83. The minimum absolute atomic E-state index is 0.0285. The summed E-state index contributed by atoms with van der Waals surface area (Å²) in [6.07, 6.45) is 1.69. The topological polar surface area (TPSA) is 62.5 Å². The molecule has 1 aromatic heterocycles. The molecule has 1 atom stereocenters. The number of benzene rings is 1. The number of aliphatic hydroxyl groups is 1. The fourth-order valence-electron chi connectivity index (χ4n) is 3.63. The van der Waals surface area contributed by atoms with Crippen molar-refractivity contribution in [3.63, 3.8) is 0 Å². The highest BCUT2D eigenvalue weighted by Crippen LogP contribution is 2.44. The highest BCUT2D eigenvalue weighted by molar-refractivity contribution is 6.04. The van der Waals surface area contributed by atoms with Crippen LogP contribution in [0.4, 0.5) is 5.69 Å². The van der Waals surface area contributed by atoms with Gasteiger partial charge in [-0.25, -0.2) is 0 Å². The summed E-state index contributed by atoms with van der Waals surface area (Å²) in [5.41, 5.74) is 3.41. The standard InChI is InChI=1S/C20H25NO3/c1-5-13-8-6-7-9-14(13)21-19(23)18-12(2)17-15(22)10-20(3,4)11-16(17)24-18/h6-9,15,22H,5,10-11H2,1-4H3,(H,21,23). The number of fused-ring (bicyclic) bond motifs is 1. The van der Waals surface area contributed by atoms with Crippen LogP contribution < -0.4 is 5.32 Å². The molecule has 1 unspecified atom stereocenters. The summed E-state index contributed by atoms with van der Waals surface area (Å²) in [4.78, 5) is 12.7. The van der Waals surface area contributed by atoms with Crippen molar-refractivity contribution in [2.24, 2.45) is 5.41 Å². The van der Waals surface area contributed by atoms with Gasteiger partial charge in [0.25, 0.3) is 5.91 Å². The van der Waals surface area contributed by atoms with Gasteiger partial charge in [-0.1, -0.05) is 39.0 Å². The number of nitrogens with one attached hydrogen (secondary N) is 1. The van der Waals surface area contributed by atoms with Gasteiger partial charge < -0.3 is 14.8 Å². The SMILES string of the molecule is CCc1ccccc1NC(=O)c1oc2c(c1C)C(O)CC(C)(C)C2. The second kappa shape index (κ2) is 6.10. The zero-order valence-corrected chi connectivity index (χ0v) is 14.8. The van der Waals surface area contributed by atoms with E-state index in [9.17, 15) is 9.90 Å². The minimum atomic E-state index is -0.572. The van der Waals surface area contributed by atoms with Gasteiger partial charge in [-0.2, -0.15) is 0 Å². The second-order valence-electron chi connectivity index (χ2n) is 7.42. The first-order chi connectivity index (χ1) is 11.3. The molecule has 1 heterocycles. The lowest BCUT2D eigenvalue weighted by Crippen LogP contribution is -2.24. The predicted octanol–water partition coefficient (Wildman–Crippen LogP) is 4.41. The van der Waals surface area contributed by atoms with Crippen LogP contribution in [0.5, 0.6) is 0 Å². The van der Waals surface area contributed by atoms with Crippen molar-refractivity contribution in [3.8, 4) is 0 Å². The van der Waals surface area contributed by atoms with E-state index in [1.54, 1.807) is 0 Å². The van der Waals surface area contributed by atoms with Gasteiger partial charge in [0.05, 0.1) is 6.10 Å². The molecule has 0 saturated carbocycles. The molecule has 2 N–H and O–H groups in total. The maximum atomic E-state index is 12.7. The average molecular weight is 327 g/mol.